The molecule has 0 saturated heterocycles. The van der Waals surface area contributed by atoms with Gasteiger partial charge in [-0.15, -0.1) is 0 Å². The molecule has 44 heavy (non-hydrogen) atoms. The molecule has 246 valence electrons. The van der Waals surface area contributed by atoms with Crippen LogP contribution < -0.4 is 9.47 Å². The van der Waals surface area contributed by atoms with Crippen molar-refractivity contribution < 1.29 is 14.3 Å². The van der Waals surface area contributed by atoms with Crippen molar-refractivity contribution in [2.24, 2.45) is 0 Å². The quantitative estimate of drug-likeness (QED) is 0.0526. The number of ketones is 1. The molecule has 3 nitrogen and oxygen atoms in total. The van der Waals surface area contributed by atoms with E-state index in [2.05, 4.69) is 13.8 Å². The summed E-state index contributed by atoms with van der Waals surface area (Å²) in [5.41, 5.74) is 1.67. The molecule has 0 fully saturated rings. The van der Waals surface area contributed by atoms with Crippen molar-refractivity contribution >= 4 is 11.9 Å². The number of benzene rings is 2. The molecule has 2 rings (SSSR count). The molecule has 0 aliphatic carbocycles. The fourth-order valence-electron chi connectivity index (χ4n) is 5.57. The first kappa shape index (κ1) is 37.6. The second-order valence-electron chi connectivity index (χ2n) is 12.6. The van der Waals surface area contributed by atoms with Crippen LogP contribution in [0.1, 0.15) is 171 Å². The lowest BCUT2D eigenvalue weighted by Crippen LogP contribution is -1.99. The van der Waals surface area contributed by atoms with Crippen molar-refractivity contribution in [3.63, 3.8) is 0 Å². The first-order valence-electron chi connectivity index (χ1n) is 18.4. The predicted octanol–water partition coefficient (Wildman–Crippen LogP) is 13.0. The van der Waals surface area contributed by atoms with Crippen LogP contribution >= 0.6 is 0 Å². The molecule has 0 atom stereocenters. The first-order valence-corrected chi connectivity index (χ1v) is 18.4. The third-order valence-corrected chi connectivity index (χ3v) is 8.48. The van der Waals surface area contributed by atoms with Gasteiger partial charge in [0.05, 0.1) is 13.2 Å². The van der Waals surface area contributed by atoms with Gasteiger partial charge in [-0.1, -0.05) is 160 Å². The number of allylic oxidation sites excluding steroid dienone is 1. The number of hydrogen-bond acceptors (Lipinski definition) is 3. The lowest BCUT2D eigenvalue weighted by molar-refractivity contribution is 0.104. The molecule has 0 spiro atoms. The van der Waals surface area contributed by atoms with Gasteiger partial charge >= 0.3 is 0 Å². The zero-order valence-electron chi connectivity index (χ0n) is 28.5. The molecule has 3 heteroatoms. The van der Waals surface area contributed by atoms with E-state index in [0.29, 0.717) is 5.56 Å². The standard InChI is InChI=1S/C41H64O3/c1-3-5-7-9-11-12-13-14-15-16-17-18-19-20-22-24-35-43-39-30-25-37(26-31-39)27-34-41(42)38-28-32-40(33-29-38)44-36-23-21-10-8-6-4-2/h25-34H,3-24,35-36H2,1-2H3/b34-27+. The van der Waals surface area contributed by atoms with Gasteiger partial charge in [0, 0.05) is 5.56 Å². The molecular formula is C41H64O3. The van der Waals surface area contributed by atoms with Crippen LogP contribution in [0, 0.1) is 0 Å². The van der Waals surface area contributed by atoms with Gasteiger partial charge in [-0.25, -0.2) is 0 Å². The predicted molar refractivity (Wildman–Crippen MR) is 190 cm³/mol. The van der Waals surface area contributed by atoms with Gasteiger partial charge in [0.2, 0.25) is 0 Å². The minimum atomic E-state index is -0.00343. The van der Waals surface area contributed by atoms with Crippen LogP contribution in [0.2, 0.25) is 0 Å². The van der Waals surface area contributed by atoms with Crippen molar-refractivity contribution in [1.29, 1.82) is 0 Å². The molecule has 0 N–H and O–H groups in total. The molecule has 0 unspecified atom stereocenters. The minimum Gasteiger partial charge on any atom is -0.494 e. The van der Waals surface area contributed by atoms with Crippen LogP contribution in [-0.2, 0) is 0 Å². The molecule has 2 aromatic carbocycles. The third-order valence-electron chi connectivity index (χ3n) is 8.48. The number of carbonyl (C=O) groups is 1. The molecule has 0 aliphatic rings. The van der Waals surface area contributed by atoms with E-state index in [-0.39, 0.29) is 5.78 Å². The van der Waals surface area contributed by atoms with Crippen LogP contribution in [-0.4, -0.2) is 19.0 Å². The highest BCUT2D eigenvalue weighted by molar-refractivity contribution is 6.06. The lowest BCUT2D eigenvalue weighted by Gasteiger charge is -2.07. The summed E-state index contributed by atoms with van der Waals surface area (Å²) in [5.74, 6) is 1.72. The van der Waals surface area contributed by atoms with Crippen LogP contribution in [0.25, 0.3) is 6.08 Å². The minimum absolute atomic E-state index is 0.00343. The van der Waals surface area contributed by atoms with E-state index < -0.39 is 0 Å². The molecule has 0 radical (unpaired) electrons. The topological polar surface area (TPSA) is 35.5 Å². The van der Waals surface area contributed by atoms with Gasteiger partial charge in [0.15, 0.2) is 5.78 Å². The van der Waals surface area contributed by atoms with Gasteiger partial charge in [0.1, 0.15) is 11.5 Å². The number of hydrogen-bond donors (Lipinski definition) is 0. The SMILES string of the molecule is CCCCCCCCCCCCCCCCCCOc1ccc(/C=C/C(=O)c2ccc(OCCCCCCCC)cc2)cc1. The molecule has 0 saturated carbocycles. The molecule has 0 aromatic heterocycles. The van der Waals surface area contributed by atoms with E-state index in [9.17, 15) is 4.79 Å². The van der Waals surface area contributed by atoms with Gasteiger partial charge in [-0.05, 0) is 60.9 Å². The molecule has 0 amide bonds. The average molecular weight is 605 g/mol. The molecule has 2 aromatic rings. The highest BCUT2D eigenvalue weighted by atomic mass is 16.5. The number of ether oxygens (including phenoxy) is 2. The van der Waals surface area contributed by atoms with E-state index in [4.69, 9.17) is 9.47 Å². The Kier molecular flexibility index (Phi) is 22.9. The van der Waals surface area contributed by atoms with Gasteiger partial charge in [-0.3, -0.25) is 4.79 Å². The van der Waals surface area contributed by atoms with Crippen molar-refractivity contribution in [2.75, 3.05) is 13.2 Å². The highest BCUT2D eigenvalue weighted by Gasteiger charge is 2.03. The summed E-state index contributed by atoms with van der Waals surface area (Å²) in [7, 11) is 0. The lowest BCUT2D eigenvalue weighted by atomic mass is 10.0. The Hall–Kier alpha value is -2.55. The van der Waals surface area contributed by atoms with E-state index in [0.717, 1.165) is 43.1 Å². The van der Waals surface area contributed by atoms with Crippen LogP contribution in [0.3, 0.4) is 0 Å². The fourth-order valence-corrected chi connectivity index (χ4v) is 5.57. The Bertz CT molecular complexity index is 960. The Morgan fingerprint density at radius 3 is 1.20 bits per heavy atom. The Morgan fingerprint density at radius 1 is 0.477 bits per heavy atom. The number of unbranched alkanes of at least 4 members (excludes halogenated alkanes) is 20. The van der Waals surface area contributed by atoms with Crippen molar-refractivity contribution in [1.82, 2.24) is 0 Å². The third kappa shape index (κ3) is 19.7. The van der Waals surface area contributed by atoms with Crippen molar-refractivity contribution in [3.8, 4) is 11.5 Å². The molecular weight excluding hydrogens is 540 g/mol. The second-order valence-corrected chi connectivity index (χ2v) is 12.6. The molecule has 0 heterocycles. The van der Waals surface area contributed by atoms with E-state index in [1.165, 1.54) is 128 Å². The summed E-state index contributed by atoms with van der Waals surface area (Å²) in [5, 5.41) is 0. The Morgan fingerprint density at radius 2 is 0.818 bits per heavy atom. The van der Waals surface area contributed by atoms with Gasteiger partial charge in [-0.2, -0.15) is 0 Å². The normalized spacial score (nSPS) is 11.3. The highest BCUT2D eigenvalue weighted by Crippen LogP contribution is 2.18. The van der Waals surface area contributed by atoms with E-state index >= 15 is 0 Å². The van der Waals surface area contributed by atoms with Crippen LogP contribution in [0.4, 0.5) is 0 Å². The molecule has 0 bridgehead atoms. The smallest absolute Gasteiger partial charge is 0.185 e. The van der Waals surface area contributed by atoms with E-state index in [1.807, 2.05) is 54.6 Å². The zero-order valence-corrected chi connectivity index (χ0v) is 28.5. The Labute approximate surface area is 271 Å². The summed E-state index contributed by atoms with van der Waals surface area (Å²) in [4.78, 5) is 12.6. The molecule has 0 aliphatic heterocycles. The van der Waals surface area contributed by atoms with Crippen molar-refractivity contribution in [2.45, 2.75) is 155 Å². The summed E-state index contributed by atoms with van der Waals surface area (Å²) in [6, 6.07) is 15.5. The van der Waals surface area contributed by atoms with Crippen molar-refractivity contribution in [3.05, 3.63) is 65.7 Å². The maximum atomic E-state index is 12.6. The summed E-state index contributed by atoms with van der Waals surface area (Å²) in [6.07, 6.45) is 33.1. The van der Waals surface area contributed by atoms with Crippen LogP contribution in [0.15, 0.2) is 54.6 Å². The number of rotatable bonds is 29. The summed E-state index contributed by atoms with van der Waals surface area (Å²) < 4.78 is 11.8. The van der Waals surface area contributed by atoms with Crippen LogP contribution in [0.5, 0.6) is 11.5 Å². The van der Waals surface area contributed by atoms with Gasteiger partial charge < -0.3 is 9.47 Å². The zero-order chi connectivity index (χ0) is 31.3. The number of carbonyl (C=O) groups excluding carboxylic acids is 1. The Balaban J connectivity index is 1.47. The van der Waals surface area contributed by atoms with E-state index in [1.54, 1.807) is 6.08 Å². The monoisotopic (exact) mass is 604 g/mol. The fraction of sp³-hybridized carbons (Fsp3) is 0.634. The second kappa shape index (κ2) is 26.8. The van der Waals surface area contributed by atoms with Gasteiger partial charge in [0.25, 0.3) is 0 Å². The summed E-state index contributed by atoms with van der Waals surface area (Å²) in [6.45, 7) is 6.03. The summed E-state index contributed by atoms with van der Waals surface area (Å²) >= 11 is 0. The first-order chi connectivity index (χ1) is 21.7. The maximum Gasteiger partial charge on any atom is 0.185 e. The average Bonchev–Trinajstić information content (AvgIpc) is 3.05. The maximum absolute atomic E-state index is 12.6. The largest absolute Gasteiger partial charge is 0.494 e.